The Hall–Kier alpha value is -2.02. The first-order valence-electron chi connectivity index (χ1n) is 6.23. The normalized spacial score (nSPS) is 10.4. The smallest absolute Gasteiger partial charge is 0.270 e. The first-order valence-corrected chi connectivity index (χ1v) is 6.23. The van der Waals surface area contributed by atoms with Crippen LogP contribution in [0.25, 0.3) is 0 Å². The van der Waals surface area contributed by atoms with Gasteiger partial charge in [0.15, 0.2) is 0 Å². The van der Waals surface area contributed by atoms with Gasteiger partial charge in [0.05, 0.1) is 10.5 Å². The predicted molar refractivity (Wildman–Crippen MR) is 73.3 cm³/mol. The lowest BCUT2D eigenvalue weighted by Gasteiger charge is -2.17. The minimum absolute atomic E-state index is 0.0891. The Balaban J connectivity index is 2.99. The van der Waals surface area contributed by atoms with Crippen LogP contribution >= 0.6 is 0 Å². The van der Waals surface area contributed by atoms with Crippen LogP contribution in [-0.2, 0) is 0 Å². The number of hydrogen-bond acceptors (Lipinski definition) is 4. The molecule has 0 saturated heterocycles. The zero-order valence-corrected chi connectivity index (χ0v) is 11.8. The molecule has 0 unspecified atom stereocenters. The highest BCUT2D eigenvalue weighted by Gasteiger charge is 2.21. The fourth-order valence-electron chi connectivity index (χ4n) is 1.81. The summed E-state index contributed by atoms with van der Waals surface area (Å²) in [5, 5.41) is 13.7. The Labute approximate surface area is 116 Å². The van der Waals surface area contributed by atoms with Gasteiger partial charge in [-0.15, -0.1) is 0 Å². The first-order chi connectivity index (χ1) is 9.38. The van der Waals surface area contributed by atoms with Gasteiger partial charge in [0.25, 0.3) is 11.6 Å². The van der Waals surface area contributed by atoms with Gasteiger partial charge in [-0.3, -0.25) is 14.9 Å². The lowest BCUT2D eigenvalue weighted by molar-refractivity contribution is -0.385. The van der Waals surface area contributed by atoms with Crippen molar-refractivity contribution in [2.24, 2.45) is 0 Å². The average Bonchev–Trinajstić information content (AvgIpc) is 2.40. The summed E-state index contributed by atoms with van der Waals surface area (Å²) < 4.78 is 14.0. The summed E-state index contributed by atoms with van der Waals surface area (Å²) in [4.78, 5) is 23.6. The minimum atomic E-state index is -0.707. The van der Waals surface area contributed by atoms with Gasteiger partial charge in [-0.1, -0.05) is 0 Å². The summed E-state index contributed by atoms with van der Waals surface area (Å²) in [7, 11) is 3.34. The summed E-state index contributed by atoms with van der Waals surface area (Å²) in [6.45, 7) is 2.58. The topological polar surface area (TPSA) is 75.5 Å². The van der Waals surface area contributed by atoms with Crippen molar-refractivity contribution in [3.05, 3.63) is 39.2 Å². The zero-order chi connectivity index (χ0) is 15.3. The summed E-state index contributed by atoms with van der Waals surface area (Å²) in [5.41, 5.74) is -0.453. The maximum Gasteiger partial charge on any atom is 0.270 e. The largest absolute Gasteiger partial charge is 0.342 e. The van der Waals surface area contributed by atoms with Crippen LogP contribution in [-0.4, -0.2) is 42.9 Å². The number of benzene rings is 1. The number of rotatable bonds is 6. The van der Waals surface area contributed by atoms with E-state index in [9.17, 15) is 19.3 Å². The third-order valence-electron chi connectivity index (χ3n) is 2.95. The molecule has 0 radical (unpaired) electrons. The van der Waals surface area contributed by atoms with E-state index in [1.165, 1.54) is 11.8 Å². The van der Waals surface area contributed by atoms with Crippen LogP contribution in [0.1, 0.15) is 22.3 Å². The van der Waals surface area contributed by atoms with Crippen LogP contribution in [0.5, 0.6) is 0 Å². The molecule has 0 heterocycles. The quantitative estimate of drug-likeness (QED) is 0.490. The van der Waals surface area contributed by atoms with Crippen molar-refractivity contribution in [3.63, 3.8) is 0 Å². The van der Waals surface area contributed by atoms with Crippen LogP contribution < -0.4 is 5.32 Å². The molecule has 0 atom stereocenters. The second-order valence-corrected chi connectivity index (χ2v) is 4.57. The number of aryl methyl sites for hydroxylation is 1. The zero-order valence-electron chi connectivity index (χ0n) is 11.8. The lowest BCUT2D eigenvalue weighted by Crippen LogP contribution is -2.30. The van der Waals surface area contributed by atoms with E-state index in [-0.39, 0.29) is 16.8 Å². The van der Waals surface area contributed by atoms with Gasteiger partial charge < -0.3 is 10.2 Å². The second kappa shape index (κ2) is 6.95. The van der Waals surface area contributed by atoms with Crippen LogP contribution in [0.4, 0.5) is 10.1 Å². The molecule has 0 spiro atoms. The van der Waals surface area contributed by atoms with E-state index in [1.807, 2.05) is 0 Å². The summed E-state index contributed by atoms with van der Waals surface area (Å²) in [6, 6.07) is 2.10. The van der Waals surface area contributed by atoms with Crippen LogP contribution in [0.3, 0.4) is 0 Å². The Kier molecular flexibility index (Phi) is 5.57. The maximum absolute atomic E-state index is 14.0. The average molecular weight is 283 g/mol. The molecule has 0 aliphatic heterocycles. The van der Waals surface area contributed by atoms with Crippen molar-refractivity contribution in [1.82, 2.24) is 10.2 Å². The van der Waals surface area contributed by atoms with Gasteiger partial charge in [-0.25, -0.2) is 4.39 Å². The number of non-ortho nitro benzene ring substituents is 1. The van der Waals surface area contributed by atoms with Gasteiger partial charge in [0.2, 0.25) is 0 Å². The number of nitro groups is 1. The highest BCUT2D eigenvalue weighted by atomic mass is 19.1. The van der Waals surface area contributed by atoms with Crippen molar-refractivity contribution in [2.45, 2.75) is 13.3 Å². The highest BCUT2D eigenvalue weighted by molar-refractivity contribution is 5.95. The summed E-state index contributed by atoms with van der Waals surface area (Å²) in [6.07, 6.45) is 0.717. The molecule has 0 bridgehead atoms. The van der Waals surface area contributed by atoms with E-state index >= 15 is 0 Å². The number of halogens is 1. The van der Waals surface area contributed by atoms with Gasteiger partial charge in [-0.2, -0.15) is 0 Å². The van der Waals surface area contributed by atoms with Crippen LogP contribution in [0, 0.1) is 22.9 Å². The number of nitrogens with one attached hydrogen (secondary N) is 1. The molecule has 1 N–H and O–H groups in total. The monoisotopic (exact) mass is 283 g/mol. The SMILES string of the molecule is CNCCCN(C)C(=O)c1cc([N+](=O)[O-])cc(C)c1F. The molecule has 0 aliphatic rings. The Morgan fingerprint density at radius 1 is 1.50 bits per heavy atom. The molecule has 6 nitrogen and oxygen atoms in total. The highest BCUT2D eigenvalue weighted by Crippen LogP contribution is 2.22. The third-order valence-corrected chi connectivity index (χ3v) is 2.95. The molecule has 0 aromatic heterocycles. The van der Waals surface area contributed by atoms with Gasteiger partial charge >= 0.3 is 0 Å². The molecule has 20 heavy (non-hydrogen) atoms. The fourth-order valence-corrected chi connectivity index (χ4v) is 1.81. The fraction of sp³-hybridized carbons (Fsp3) is 0.462. The van der Waals surface area contributed by atoms with E-state index in [0.29, 0.717) is 13.0 Å². The van der Waals surface area contributed by atoms with Crippen molar-refractivity contribution >= 4 is 11.6 Å². The van der Waals surface area contributed by atoms with Crippen molar-refractivity contribution in [2.75, 3.05) is 27.2 Å². The molecule has 1 rings (SSSR count). The summed E-state index contributed by atoms with van der Waals surface area (Å²) in [5.74, 6) is -1.26. The van der Waals surface area contributed by atoms with Crippen molar-refractivity contribution < 1.29 is 14.1 Å². The molecule has 0 fully saturated rings. The van der Waals surface area contributed by atoms with Gasteiger partial charge in [0.1, 0.15) is 5.82 Å². The molecule has 1 aromatic rings. The molecule has 110 valence electrons. The van der Waals surface area contributed by atoms with Crippen LogP contribution in [0.15, 0.2) is 12.1 Å². The Morgan fingerprint density at radius 2 is 2.15 bits per heavy atom. The number of nitro benzene ring substituents is 1. The summed E-state index contributed by atoms with van der Waals surface area (Å²) >= 11 is 0. The second-order valence-electron chi connectivity index (χ2n) is 4.57. The molecule has 7 heteroatoms. The molecular weight excluding hydrogens is 265 g/mol. The third kappa shape index (κ3) is 3.74. The number of carbonyl (C=O) groups excluding carboxylic acids is 1. The van der Waals surface area contributed by atoms with Crippen LogP contribution in [0.2, 0.25) is 0 Å². The van der Waals surface area contributed by atoms with E-state index in [2.05, 4.69) is 5.32 Å². The molecular formula is C13H18FN3O3. The standard InChI is InChI=1S/C13H18FN3O3/c1-9-7-10(17(19)20)8-11(12(9)14)13(18)16(3)6-4-5-15-2/h7-8,15H,4-6H2,1-3H3. The van der Waals surface area contributed by atoms with E-state index < -0.39 is 16.6 Å². The molecule has 1 amide bonds. The number of nitrogens with zero attached hydrogens (tertiary/aromatic N) is 2. The lowest BCUT2D eigenvalue weighted by atomic mass is 10.1. The van der Waals surface area contributed by atoms with E-state index in [0.717, 1.165) is 18.7 Å². The Morgan fingerprint density at radius 3 is 2.70 bits per heavy atom. The minimum Gasteiger partial charge on any atom is -0.342 e. The van der Waals surface area contributed by atoms with E-state index in [1.54, 1.807) is 14.1 Å². The number of amides is 1. The van der Waals surface area contributed by atoms with Crippen molar-refractivity contribution in [3.8, 4) is 0 Å². The van der Waals surface area contributed by atoms with E-state index in [4.69, 9.17) is 0 Å². The number of hydrogen-bond donors (Lipinski definition) is 1. The Bertz CT molecular complexity index is 520. The molecule has 0 aliphatic carbocycles. The number of carbonyl (C=O) groups is 1. The maximum atomic E-state index is 14.0. The van der Waals surface area contributed by atoms with Gasteiger partial charge in [0, 0.05) is 25.7 Å². The van der Waals surface area contributed by atoms with Crippen molar-refractivity contribution in [1.29, 1.82) is 0 Å². The first kappa shape index (κ1) is 16.0. The predicted octanol–water partition coefficient (Wildman–Crippen LogP) is 1.72. The molecule has 0 saturated carbocycles. The molecule has 1 aromatic carbocycles. The van der Waals surface area contributed by atoms with Gasteiger partial charge in [-0.05, 0) is 32.5 Å².